The minimum Gasteiger partial charge on any atom is -0.444 e. The summed E-state index contributed by atoms with van der Waals surface area (Å²) in [4.78, 5) is 14.9. The third kappa shape index (κ3) is 3.92. The molecule has 0 radical (unpaired) electrons. The lowest BCUT2D eigenvalue weighted by Gasteiger charge is -2.38. The highest BCUT2D eigenvalue weighted by Gasteiger charge is 2.43. The second kappa shape index (κ2) is 7.14. The van der Waals surface area contributed by atoms with Gasteiger partial charge in [-0.3, -0.25) is 0 Å². The Labute approximate surface area is 145 Å². The van der Waals surface area contributed by atoms with Crippen LogP contribution in [0.4, 0.5) is 4.79 Å². The monoisotopic (exact) mass is 330 g/mol. The van der Waals surface area contributed by atoms with Crippen LogP contribution in [0.2, 0.25) is 0 Å². The van der Waals surface area contributed by atoms with Crippen LogP contribution in [-0.2, 0) is 4.74 Å². The first-order valence-corrected chi connectivity index (χ1v) is 9.24. The van der Waals surface area contributed by atoms with Crippen LogP contribution in [0.25, 0.3) is 0 Å². The summed E-state index contributed by atoms with van der Waals surface area (Å²) in [6, 6.07) is 11.1. The van der Waals surface area contributed by atoms with Gasteiger partial charge in [0.05, 0.1) is 6.04 Å². The predicted octanol–water partition coefficient (Wildman–Crippen LogP) is 3.92. The standard InChI is InChI=1S/C20H30N2O2/c1-20(2,3)24-19(23)22-13-9-5-8-12-17-18(22)16(14-21-17)15-10-6-4-7-11-15/h4,6-7,10-11,16-18,21H,5,8-9,12-14H2,1-3H3/t16-,17-,18-/m0/s1. The Kier molecular flexibility index (Phi) is 5.14. The maximum absolute atomic E-state index is 12.9. The molecular weight excluding hydrogens is 300 g/mol. The Hall–Kier alpha value is -1.55. The summed E-state index contributed by atoms with van der Waals surface area (Å²) < 4.78 is 5.73. The molecule has 24 heavy (non-hydrogen) atoms. The lowest BCUT2D eigenvalue weighted by atomic mass is 9.87. The zero-order valence-corrected chi connectivity index (χ0v) is 15.1. The number of hydrogen-bond acceptors (Lipinski definition) is 3. The first kappa shape index (κ1) is 17.3. The van der Waals surface area contributed by atoms with Gasteiger partial charge in [0.2, 0.25) is 0 Å². The van der Waals surface area contributed by atoms with Crippen LogP contribution in [0.1, 0.15) is 57.9 Å². The van der Waals surface area contributed by atoms with Crippen molar-refractivity contribution in [2.75, 3.05) is 13.1 Å². The van der Waals surface area contributed by atoms with Crippen molar-refractivity contribution in [3.8, 4) is 0 Å². The van der Waals surface area contributed by atoms with Crippen LogP contribution >= 0.6 is 0 Å². The van der Waals surface area contributed by atoms with E-state index in [-0.39, 0.29) is 12.1 Å². The quantitative estimate of drug-likeness (QED) is 0.848. The van der Waals surface area contributed by atoms with Crippen LogP contribution < -0.4 is 5.32 Å². The molecular formula is C20H30N2O2. The smallest absolute Gasteiger partial charge is 0.410 e. The maximum atomic E-state index is 12.9. The maximum Gasteiger partial charge on any atom is 0.410 e. The first-order chi connectivity index (χ1) is 11.5. The summed E-state index contributed by atoms with van der Waals surface area (Å²) in [7, 11) is 0. The number of carbonyl (C=O) groups is 1. The zero-order chi connectivity index (χ0) is 17.2. The first-order valence-electron chi connectivity index (χ1n) is 9.24. The van der Waals surface area contributed by atoms with Gasteiger partial charge in [-0.05, 0) is 39.2 Å². The average Bonchev–Trinajstić information content (AvgIpc) is 2.89. The van der Waals surface area contributed by atoms with E-state index in [1.54, 1.807) is 0 Å². The number of amides is 1. The molecule has 0 spiro atoms. The second-order valence-corrected chi connectivity index (χ2v) is 8.05. The van der Waals surface area contributed by atoms with Crippen molar-refractivity contribution in [3.63, 3.8) is 0 Å². The van der Waals surface area contributed by atoms with E-state index in [0.717, 1.165) is 25.9 Å². The largest absolute Gasteiger partial charge is 0.444 e. The lowest BCUT2D eigenvalue weighted by Crippen LogP contribution is -2.51. The van der Waals surface area contributed by atoms with Crippen molar-refractivity contribution in [1.29, 1.82) is 0 Å². The number of ether oxygens (including phenoxy) is 1. The van der Waals surface area contributed by atoms with Crippen LogP contribution in [0.15, 0.2) is 30.3 Å². The van der Waals surface area contributed by atoms with Gasteiger partial charge in [0.15, 0.2) is 0 Å². The molecule has 2 aliphatic rings. The van der Waals surface area contributed by atoms with E-state index in [4.69, 9.17) is 4.74 Å². The summed E-state index contributed by atoms with van der Waals surface area (Å²) in [6.07, 6.45) is 4.44. The predicted molar refractivity (Wildman–Crippen MR) is 96.2 cm³/mol. The topological polar surface area (TPSA) is 41.6 Å². The number of rotatable bonds is 1. The van der Waals surface area contributed by atoms with Gasteiger partial charge in [-0.15, -0.1) is 0 Å². The number of carbonyl (C=O) groups excluding carboxylic acids is 1. The molecule has 4 nitrogen and oxygen atoms in total. The van der Waals surface area contributed by atoms with Gasteiger partial charge in [0, 0.05) is 25.0 Å². The fourth-order valence-corrected chi connectivity index (χ4v) is 4.03. The van der Waals surface area contributed by atoms with Gasteiger partial charge in [0.25, 0.3) is 0 Å². The van der Waals surface area contributed by atoms with Crippen molar-refractivity contribution >= 4 is 6.09 Å². The molecule has 0 aliphatic carbocycles. The number of nitrogens with one attached hydrogen (secondary N) is 1. The summed E-state index contributed by atoms with van der Waals surface area (Å²) in [5, 5.41) is 3.67. The van der Waals surface area contributed by atoms with Gasteiger partial charge in [-0.25, -0.2) is 4.79 Å². The van der Waals surface area contributed by atoms with Crippen molar-refractivity contribution < 1.29 is 9.53 Å². The summed E-state index contributed by atoms with van der Waals surface area (Å²) in [5.74, 6) is 0.335. The molecule has 0 bridgehead atoms. The third-order valence-corrected chi connectivity index (χ3v) is 5.05. The number of benzene rings is 1. The molecule has 2 heterocycles. The molecule has 1 N–H and O–H groups in total. The normalized spacial score (nSPS) is 28.0. The zero-order valence-electron chi connectivity index (χ0n) is 15.1. The van der Waals surface area contributed by atoms with Gasteiger partial charge in [-0.2, -0.15) is 0 Å². The molecule has 1 amide bonds. The fourth-order valence-electron chi connectivity index (χ4n) is 4.03. The molecule has 0 aromatic heterocycles. The van der Waals surface area contributed by atoms with Crippen LogP contribution in [0, 0.1) is 0 Å². The number of nitrogens with zero attached hydrogens (tertiary/aromatic N) is 1. The molecule has 0 saturated carbocycles. The van der Waals surface area contributed by atoms with E-state index in [1.807, 2.05) is 31.7 Å². The molecule has 1 aromatic rings. The van der Waals surface area contributed by atoms with Crippen LogP contribution in [-0.4, -0.2) is 41.8 Å². The van der Waals surface area contributed by atoms with Crippen molar-refractivity contribution in [1.82, 2.24) is 10.2 Å². The molecule has 1 aromatic carbocycles. The van der Waals surface area contributed by atoms with Crippen molar-refractivity contribution in [3.05, 3.63) is 35.9 Å². The van der Waals surface area contributed by atoms with Crippen LogP contribution in [0.5, 0.6) is 0 Å². The fraction of sp³-hybridized carbons (Fsp3) is 0.650. The Bertz CT molecular complexity index is 553. The Balaban J connectivity index is 1.87. The highest BCUT2D eigenvalue weighted by atomic mass is 16.6. The molecule has 132 valence electrons. The van der Waals surface area contributed by atoms with E-state index in [1.165, 1.54) is 18.4 Å². The van der Waals surface area contributed by atoms with E-state index in [2.05, 4.69) is 29.6 Å². The molecule has 3 atom stereocenters. The van der Waals surface area contributed by atoms with Gasteiger partial charge < -0.3 is 15.0 Å². The average molecular weight is 330 g/mol. The van der Waals surface area contributed by atoms with E-state index >= 15 is 0 Å². The minimum atomic E-state index is -0.455. The molecule has 4 heteroatoms. The van der Waals surface area contributed by atoms with Crippen molar-refractivity contribution in [2.24, 2.45) is 0 Å². The van der Waals surface area contributed by atoms with E-state index in [9.17, 15) is 4.79 Å². The molecule has 2 saturated heterocycles. The number of likely N-dealkylation sites (tertiary alicyclic amines) is 1. The SMILES string of the molecule is CC(C)(C)OC(=O)N1CCCCC[C@@H]2NC[C@@H](c3ccccc3)[C@@H]21. The highest BCUT2D eigenvalue weighted by molar-refractivity contribution is 5.69. The van der Waals surface area contributed by atoms with Gasteiger partial charge in [-0.1, -0.05) is 43.2 Å². The summed E-state index contributed by atoms with van der Waals surface area (Å²) in [6.45, 7) is 7.54. The number of fused-ring (bicyclic) bond motifs is 1. The van der Waals surface area contributed by atoms with E-state index in [0.29, 0.717) is 12.0 Å². The van der Waals surface area contributed by atoms with Gasteiger partial charge >= 0.3 is 6.09 Å². The van der Waals surface area contributed by atoms with Crippen molar-refractivity contribution in [2.45, 2.75) is 70.1 Å². The molecule has 2 aliphatic heterocycles. The molecule has 2 fully saturated rings. The third-order valence-electron chi connectivity index (χ3n) is 5.05. The Morgan fingerprint density at radius 3 is 2.62 bits per heavy atom. The highest BCUT2D eigenvalue weighted by Crippen LogP contribution is 2.34. The van der Waals surface area contributed by atoms with E-state index < -0.39 is 5.60 Å². The van der Waals surface area contributed by atoms with Crippen LogP contribution in [0.3, 0.4) is 0 Å². The minimum absolute atomic E-state index is 0.163. The molecule has 3 rings (SSSR count). The Morgan fingerprint density at radius 1 is 1.17 bits per heavy atom. The second-order valence-electron chi connectivity index (χ2n) is 8.05. The molecule has 0 unspecified atom stereocenters. The van der Waals surface area contributed by atoms with Gasteiger partial charge in [0.1, 0.15) is 5.60 Å². The lowest BCUT2D eigenvalue weighted by molar-refractivity contribution is 0.0109. The summed E-state index contributed by atoms with van der Waals surface area (Å²) in [5.41, 5.74) is 0.857. The number of hydrogen-bond donors (Lipinski definition) is 1. The Morgan fingerprint density at radius 2 is 1.92 bits per heavy atom. The summed E-state index contributed by atoms with van der Waals surface area (Å²) >= 11 is 0.